The van der Waals surface area contributed by atoms with E-state index in [1.54, 1.807) is 12.1 Å². The zero-order valence-corrected chi connectivity index (χ0v) is 7.38. The highest BCUT2D eigenvalue weighted by Gasteiger charge is 1.88. The van der Waals surface area contributed by atoms with Gasteiger partial charge in [-0.1, -0.05) is 5.92 Å². The Kier molecular flexibility index (Phi) is 3.42. The summed E-state index contributed by atoms with van der Waals surface area (Å²) >= 11 is 4.02. The molecule has 1 rings (SSSR count). The standard InChI is InChI=1S/C8H9N3S/c9-8-5-4-7(10-11-8)3-1-2-6-12/h4-5,12H,2,6H2,(H2,9,11). The number of hydrogen-bond donors (Lipinski definition) is 2. The van der Waals surface area contributed by atoms with Gasteiger partial charge in [0.05, 0.1) is 0 Å². The first-order chi connectivity index (χ1) is 5.83. The molecule has 0 saturated carbocycles. The molecule has 2 N–H and O–H groups in total. The third-order valence-electron chi connectivity index (χ3n) is 1.14. The lowest BCUT2D eigenvalue weighted by molar-refractivity contribution is 1.02. The first kappa shape index (κ1) is 8.88. The van der Waals surface area contributed by atoms with Crippen LogP contribution in [0, 0.1) is 11.8 Å². The lowest BCUT2D eigenvalue weighted by Gasteiger charge is -1.88. The van der Waals surface area contributed by atoms with Crippen molar-refractivity contribution in [1.82, 2.24) is 10.2 Å². The smallest absolute Gasteiger partial charge is 0.146 e. The summed E-state index contributed by atoms with van der Waals surface area (Å²) in [5, 5.41) is 7.44. The van der Waals surface area contributed by atoms with Gasteiger partial charge >= 0.3 is 0 Å². The average Bonchev–Trinajstić information content (AvgIpc) is 2.09. The molecule has 3 nitrogen and oxygen atoms in total. The Morgan fingerprint density at radius 1 is 1.42 bits per heavy atom. The van der Waals surface area contributed by atoms with E-state index in [1.165, 1.54) is 0 Å². The first-order valence-corrected chi connectivity index (χ1v) is 4.15. The highest BCUT2D eigenvalue weighted by Crippen LogP contribution is 1.94. The van der Waals surface area contributed by atoms with Gasteiger partial charge in [-0.2, -0.15) is 12.6 Å². The molecule has 0 fully saturated rings. The molecule has 4 heteroatoms. The fourth-order valence-corrected chi connectivity index (χ4v) is 0.730. The van der Waals surface area contributed by atoms with Gasteiger partial charge in [0.1, 0.15) is 11.5 Å². The van der Waals surface area contributed by atoms with Gasteiger partial charge in [-0.15, -0.1) is 10.2 Å². The molecular formula is C8H9N3S. The summed E-state index contributed by atoms with van der Waals surface area (Å²) in [4.78, 5) is 0. The number of thiol groups is 1. The quantitative estimate of drug-likeness (QED) is 0.493. The predicted molar refractivity (Wildman–Crippen MR) is 51.8 cm³/mol. The van der Waals surface area contributed by atoms with Crippen molar-refractivity contribution in [2.24, 2.45) is 0 Å². The highest BCUT2D eigenvalue weighted by molar-refractivity contribution is 7.80. The van der Waals surface area contributed by atoms with Crippen molar-refractivity contribution in [3.05, 3.63) is 17.8 Å². The van der Waals surface area contributed by atoms with E-state index >= 15 is 0 Å². The van der Waals surface area contributed by atoms with Crippen LogP contribution in [0.3, 0.4) is 0 Å². The van der Waals surface area contributed by atoms with Gasteiger partial charge < -0.3 is 5.73 Å². The maximum absolute atomic E-state index is 5.35. The Balaban J connectivity index is 2.66. The molecule has 1 heterocycles. The van der Waals surface area contributed by atoms with Gasteiger partial charge in [-0.3, -0.25) is 0 Å². The first-order valence-electron chi connectivity index (χ1n) is 3.52. The zero-order valence-electron chi connectivity index (χ0n) is 6.49. The fraction of sp³-hybridized carbons (Fsp3) is 0.250. The molecule has 0 radical (unpaired) electrons. The van der Waals surface area contributed by atoms with E-state index in [-0.39, 0.29) is 0 Å². The number of nitrogens with two attached hydrogens (primary N) is 1. The van der Waals surface area contributed by atoms with E-state index < -0.39 is 0 Å². The van der Waals surface area contributed by atoms with Crippen molar-refractivity contribution in [3.8, 4) is 11.8 Å². The van der Waals surface area contributed by atoms with Crippen LogP contribution >= 0.6 is 12.6 Å². The van der Waals surface area contributed by atoms with Gasteiger partial charge in [-0.25, -0.2) is 0 Å². The Morgan fingerprint density at radius 3 is 2.83 bits per heavy atom. The molecule has 0 atom stereocenters. The van der Waals surface area contributed by atoms with Crippen LogP contribution in [-0.2, 0) is 0 Å². The van der Waals surface area contributed by atoms with Crippen molar-refractivity contribution in [2.45, 2.75) is 6.42 Å². The van der Waals surface area contributed by atoms with E-state index in [1.807, 2.05) is 0 Å². The van der Waals surface area contributed by atoms with E-state index in [2.05, 4.69) is 34.7 Å². The lowest BCUT2D eigenvalue weighted by Crippen LogP contribution is -1.93. The normalized spacial score (nSPS) is 8.75. The Morgan fingerprint density at radius 2 is 2.25 bits per heavy atom. The number of nitrogen functional groups attached to an aromatic ring is 1. The fourth-order valence-electron chi connectivity index (χ4n) is 0.618. The number of rotatable bonds is 1. The molecule has 0 amide bonds. The van der Waals surface area contributed by atoms with E-state index in [0.717, 1.165) is 12.2 Å². The molecule has 0 saturated heterocycles. The summed E-state index contributed by atoms with van der Waals surface area (Å²) in [6.07, 6.45) is 0.759. The van der Waals surface area contributed by atoms with Crippen molar-refractivity contribution >= 4 is 18.4 Å². The second-order valence-corrected chi connectivity index (χ2v) is 2.57. The Labute approximate surface area is 76.8 Å². The molecule has 0 bridgehead atoms. The number of nitrogens with zero attached hydrogens (tertiary/aromatic N) is 2. The van der Waals surface area contributed by atoms with Crippen molar-refractivity contribution in [1.29, 1.82) is 0 Å². The molecule has 0 unspecified atom stereocenters. The summed E-state index contributed by atoms with van der Waals surface area (Å²) in [6, 6.07) is 3.42. The van der Waals surface area contributed by atoms with E-state index in [9.17, 15) is 0 Å². The van der Waals surface area contributed by atoms with Crippen LogP contribution in [0.25, 0.3) is 0 Å². The topological polar surface area (TPSA) is 51.8 Å². The second-order valence-electron chi connectivity index (χ2n) is 2.12. The lowest BCUT2D eigenvalue weighted by atomic mass is 10.3. The minimum Gasteiger partial charge on any atom is -0.382 e. The molecule has 1 aromatic heterocycles. The molecule has 1 aromatic rings. The minimum absolute atomic E-state index is 0.412. The van der Waals surface area contributed by atoms with Gasteiger partial charge in [-0.05, 0) is 18.1 Å². The Hall–Kier alpha value is -1.21. The number of anilines is 1. The molecule has 12 heavy (non-hydrogen) atoms. The monoisotopic (exact) mass is 179 g/mol. The summed E-state index contributed by atoms with van der Waals surface area (Å²) in [5.41, 5.74) is 5.99. The molecule has 0 spiro atoms. The van der Waals surface area contributed by atoms with Crippen LogP contribution in [0.4, 0.5) is 5.82 Å². The number of hydrogen-bond acceptors (Lipinski definition) is 4. The Bertz CT molecular complexity index is 296. The van der Waals surface area contributed by atoms with Crippen LogP contribution in [0.15, 0.2) is 12.1 Å². The minimum atomic E-state index is 0.412. The molecule has 0 aromatic carbocycles. The van der Waals surface area contributed by atoms with Gasteiger partial charge in [0.25, 0.3) is 0 Å². The van der Waals surface area contributed by atoms with E-state index in [4.69, 9.17) is 5.73 Å². The van der Waals surface area contributed by atoms with Crippen molar-refractivity contribution < 1.29 is 0 Å². The largest absolute Gasteiger partial charge is 0.382 e. The van der Waals surface area contributed by atoms with Crippen molar-refractivity contribution in [3.63, 3.8) is 0 Å². The average molecular weight is 179 g/mol. The summed E-state index contributed by atoms with van der Waals surface area (Å²) < 4.78 is 0. The third-order valence-corrected chi connectivity index (χ3v) is 1.36. The third kappa shape index (κ3) is 2.81. The van der Waals surface area contributed by atoms with Crippen LogP contribution in [0.2, 0.25) is 0 Å². The molecule has 0 aliphatic carbocycles. The van der Waals surface area contributed by atoms with Crippen LogP contribution < -0.4 is 5.73 Å². The highest BCUT2D eigenvalue weighted by atomic mass is 32.1. The maximum Gasteiger partial charge on any atom is 0.146 e. The van der Waals surface area contributed by atoms with Crippen LogP contribution in [-0.4, -0.2) is 16.0 Å². The summed E-state index contributed by atoms with van der Waals surface area (Å²) in [7, 11) is 0. The maximum atomic E-state index is 5.35. The molecule has 62 valence electrons. The van der Waals surface area contributed by atoms with Gasteiger partial charge in [0.15, 0.2) is 0 Å². The SMILES string of the molecule is Nc1ccc(C#CCCS)nn1. The summed E-state index contributed by atoms with van der Waals surface area (Å²) in [5.74, 6) is 6.92. The van der Waals surface area contributed by atoms with Gasteiger partial charge in [0.2, 0.25) is 0 Å². The van der Waals surface area contributed by atoms with Gasteiger partial charge in [0, 0.05) is 12.2 Å². The second kappa shape index (κ2) is 4.62. The van der Waals surface area contributed by atoms with E-state index in [0.29, 0.717) is 11.5 Å². The summed E-state index contributed by atoms with van der Waals surface area (Å²) in [6.45, 7) is 0. The molecular weight excluding hydrogens is 170 g/mol. The van der Waals surface area contributed by atoms with Crippen LogP contribution in [0.1, 0.15) is 12.1 Å². The zero-order chi connectivity index (χ0) is 8.81. The molecule has 0 aliphatic rings. The molecule has 0 aliphatic heterocycles. The number of aromatic nitrogens is 2. The predicted octanol–water partition coefficient (Wildman–Crippen LogP) is 0.730. The van der Waals surface area contributed by atoms with Crippen LogP contribution in [0.5, 0.6) is 0 Å². The van der Waals surface area contributed by atoms with Crippen molar-refractivity contribution in [2.75, 3.05) is 11.5 Å².